The predicted octanol–water partition coefficient (Wildman–Crippen LogP) is 3.98. The van der Waals surface area contributed by atoms with Crippen molar-refractivity contribution < 1.29 is 14.7 Å². The average molecular weight is 445 g/mol. The monoisotopic (exact) mass is 444 g/mol. The van der Waals surface area contributed by atoms with Gasteiger partial charge in [0.1, 0.15) is 5.75 Å². The Hall–Kier alpha value is -4.00. The number of nitrogens with one attached hydrogen (secondary N) is 2. The molecule has 0 aliphatic carbocycles. The minimum Gasteiger partial charge on any atom is -0.508 e. The van der Waals surface area contributed by atoms with Crippen molar-refractivity contribution in [1.82, 2.24) is 10.2 Å². The number of aromatic hydroxyl groups is 1. The molecule has 3 amide bonds. The van der Waals surface area contributed by atoms with E-state index in [1.807, 2.05) is 48.2 Å². The van der Waals surface area contributed by atoms with E-state index in [1.165, 1.54) is 17.7 Å². The number of carbonyl (C=O) groups excluding carboxylic acids is 2. The van der Waals surface area contributed by atoms with Crippen LogP contribution in [0.25, 0.3) is 0 Å². The third kappa shape index (κ3) is 5.83. The Morgan fingerprint density at radius 1 is 0.848 bits per heavy atom. The Labute approximate surface area is 193 Å². The fourth-order valence-corrected chi connectivity index (χ4v) is 3.73. The summed E-state index contributed by atoms with van der Waals surface area (Å²) in [6, 6.07) is 21.9. The van der Waals surface area contributed by atoms with E-state index in [1.54, 1.807) is 24.3 Å². The summed E-state index contributed by atoms with van der Waals surface area (Å²) in [5.41, 5.74) is 4.49. The van der Waals surface area contributed by atoms with Crippen LogP contribution >= 0.6 is 0 Å². The number of benzene rings is 3. The molecule has 1 aliphatic heterocycles. The molecule has 1 saturated heterocycles. The number of carbonyl (C=O) groups is 2. The number of rotatable bonds is 5. The van der Waals surface area contributed by atoms with Crippen molar-refractivity contribution >= 4 is 23.3 Å². The fourth-order valence-electron chi connectivity index (χ4n) is 3.73. The molecule has 1 heterocycles. The number of hydrogen-bond donors (Lipinski definition) is 3. The van der Waals surface area contributed by atoms with Gasteiger partial charge in [0.15, 0.2) is 0 Å². The lowest BCUT2D eigenvalue weighted by atomic mass is 10.1. The van der Waals surface area contributed by atoms with Gasteiger partial charge in [-0.25, -0.2) is 4.79 Å². The zero-order valence-electron chi connectivity index (χ0n) is 18.6. The van der Waals surface area contributed by atoms with Gasteiger partial charge in [0.25, 0.3) is 5.91 Å². The van der Waals surface area contributed by atoms with Crippen molar-refractivity contribution in [2.24, 2.45) is 0 Å². The lowest BCUT2D eigenvalue weighted by molar-refractivity contribution is 0.102. The number of urea groups is 1. The van der Waals surface area contributed by atoms with Gasteiger partial charge < -0.3 is 25.5 Å². The standard InChI is InChI=1S/C26H28N4O3/c1-19-2-4-20(5-3-19)18-27-26(33)30-16-14-29(15-17-30)23-10-6-21(7-11-23)25(32)28-22-8-12-24(31)13-9-22/h2-13,31H,14-18H2,1H3,(H,27,33)(H,28,32). The Bertz CT molecular complexity index is 1090. The third-order valence-corrected chi connectivity index (χ3v) is 5.75. The molecule has 7 heteroatoms. The fraction of sp³-hybridized carbons (Fsp3) is 0.231. The topological polar surface area (TPSA) is 84.9 Å². The molecular formula is C26H28N4O3. The summed E-state index contributed by atoms with van der Waals surface area (Å²) in [6.45, 7) is 5.31. The van der Waals surface area contributed by atoms with Gasteiger partial charge in [-0.05, 0) is 61.0 Å². The first-order chi connectivity index (χ1) is 16.0. The molecule has 0 bridgehead atoms. The molecule has 3 N–H and O–H groups in total. The van der Waals surface area contributed by atoms with Crippen LogP contribution in [0.5, 0.6) is 5.75 Å². The highest BCUT2D eigenvalue weighted by Crippen LogP contribution is 2.19. The van der Waals surface area contributed by atoms with Crippen LogP contribution in [-0.4, -0.2) is 48.1 Å². The van der Waals surface area contributed by atoms with Crippen LogP contribution in [0.3, 0.4) is 0 Å². The summed E-state index contributed by atoms with van der Waals surface area (Å²) in [4.78, 5) is 29.0. The molecule has 1 aliphatic rings. The minimum atomic E-state index is -0.206. The van der Waals surface area contributed by atoms with Crippen molar-refractivity contribution in [3.05, 3.63) is 89.5 Å². The number of nitrogens with zero attached hydrogens (tertiary/aromatic N) is 2. The van der Waals surface area contributed by atoms with Crippen molar-refractivity contribution in [2.75, 3.05) is 36.4 Å². The molecule has 0 saturated carbocycles. The van der Waals surface area contributed by atoms with Crippen molar-refractivity contribution in [3.63, 3.8) is 0 Å². The van der Waals surface area contributed by atoms with E-state index in [4.69, 9.17) is 0 Å². The largest absolute Gasteiger partial charge is 0.508 e. The number of phenols is 1. The maximum atomic E-state index is 12.5. The smallest absolute Gasteiger partial charge is 0.317 e. The second-order valence-electron chi connectivity index (χ2n) is 8.17. The summed E-state index contributed by atoms with van der Waals surface area (Å²) in [6.07, 6.45) is 0. The van der Waals surface area contributed by atoms with Crippen LogP contribution in [0.2, 0.25) is 0 Å². The van der Waals surface area contributed by atoms with Crippen LogP contribution in [-0.2, 0) is 6.54 Å². The van der Waals surface area contributed by atoms with Crippen LogP contribution in [0.1, 0.15) is 21.5 Å². The van der Waals surface area contributed by atoms with Crippen molar-refractivity contribution in [3.8, 4) is 5.75 Å². The lowest BCUT2D eigenvalue weighted by Crippen LogP contribution is -2.51. The van der Waals surface area contributed by atoms with E-state index >= 15 is 0 Å². The second-order valence-corrected chi connectivity index (χ2v) is 8.17. The summed E-state index contributed by atoms with van der Waals surface area (Å²) >= 11 is 0. The van der Waals surface area contributed by atoms with Gasteiger partial charge in [0.2, 0.25) is 0 Å². The maximum Gasteiger partial charge on any atom is 0.317 e. The Morgan fingerprint density at radius 3 is 2.12 bits per heavy atom. The van der Waals surface area contributed by atoms with Gasteiger partial charge in [-0.15, -0.1) is 0 Å². The first-order valence-electron chi connectivity index (χ1n) is 11.0. The molecule has 1 fully saturated rings. The van der Waals surface area contributed by atoms with E-state index in [9.17, 15) is 14.7 Å². The van der Waals surface area contributed by atoms with Gasteiger partial charge in [-0.3, -0.25) is 4.79 Å². The molecule has 4 rings (SSSR count). The number of hydrogen-bond acceptors (Lipinski definition) is 4. The number of anilines is 2. The summed E-state index contributed by atoms with van der Waals surface area (Å²) in [5, 5.41) is 15.2. The molecular weight excluding hydrogens is 416 g/mol. The van der Waals surface area contributed by atoms with Gasteiger partial charge in [0.05, 0.1) is 0 Å². The molecule has 170 valence electrons. The number of aryl methyl sites for hydroxylation is 1. The Kier molecular flexibility index (Phi) is 6.78. The first kappa shape index (κ1) is 22.2. The summed E-state index contributed by atoms with van der Waals surface area (Å²) < 4.78 is 0. The highest BCUT2D eigenvalue weighted by molar-refractivity contribution is 6.04. The second kappa shape index (κ2) is 10.1. The normalized spacial score (nSPS) is 13.5. The predicted molar refractivity (Wildman–Crippen MR) is 130 cm³/mol. The van der Waals surface area contributed by atoms with Gasteiger partial charge in [-0.2, -0.15) is 0 Å². The zero-order chi connectivity index (χ0) is 23.2. The molecule has 7 nitrogen and oxygen atoms in total. The molecule has 0 aromatic heterocycles. The molecule has 33 heavy (non-hydrogen) atoms. The highest BCUT2D eigenvalue weighted by atomic mass is 16.3. The van der Waals surface area contributed by atoms with Crippen LogP contribution in [0, 0.1) is 6.92 Å². The lowest BCUT2D eigenvalue weighted by Gasteiger charge is -2.36. The molecule has 0 unspecified atom stereocenters. The zero-order valence-corrected chi connectivity index (χ0v) is 18.6. The maximum absolute atomic E-state index is 12.5. The number of amides is 3. The SMILES string of the molecule is Cc1ccc(CNC(=O)N2CCN(c3ccc(C(=O)Nc4ccc(O)cc4)cc3)CC2)cc1. The van der Waals surface area contributed by atoms with Gasteiger partial charge in [-0.1, -0.05) is 29.8 Å². The van der Waals surface area contributed by atoms with Crippen LogP contribution in [0.4, 0.5) is 16.2 Å². The number of piperazine rings is 1. The Balaban J connectivity index is 1.26. The van der Waals surface area contributed by atoms with Gasteiger partial charge in [0, 0.05) is 49.7 Å². The van der Waals surface area contributed by atoms with E-state index in [-0.39, 0.29) is 17.7 Å². The van der Waals surface area contributed by atoms with Crippen LogP contribution < -0.4 is 15.5 Å². The van der Waals surface area contributed by atoms with E-state index in [2.05, 4.69) is 15.5 Å². The van der Waals surface area contributed by atoms with E-state index in [0.29, 0.717) is 30.9 Å². The molecule has 0 atom stereocenters. The quantitative estimate of drug-likeness (QED) is 0.520. The van der Waals surface area contributed by atoms with Crippen molar-refractivity contribution in [2.45, 2.75) is 13.5 Å². The third-order valence-electron chi connectivity index (χ3n) is 5.75. The van der Waals surface area contributed by atoms with Crippen molar-refractivity contribution in [1.29, 1.82) is 0 Å². The molecule has 3 aromatic carbocycles. The average Bonchev–Trinajstić information content (AvgIpc) is 2.85. The summed E-state index contributed by atoms with van der Waals surface area (Å²) in [5.74, 6) is -0.0523. The molecule has 3 aromatic rings. The van der Waals surface area contributed by atoms with E-state index in [0.717, 1.165) is 24.3 Å². The van der Waals surface area contributed by atoms with E-state index < -0.39 is 0 Å². The Morgan fingerprint density at radius 2 is 1.48 bits per heavy atom. The highest BCUT2D eigenvalue weighted by Gasteiger charge is 2.21. The van der Waals surface area contributed by atoms with Gasteiger partial charge >= 0.3 is 6.03 Å². The molecule has 0 spiro atoms. The first-order valence-corrected chi connectivity index (χ1v) is 11.0. The minimum absolute atomic E-state index is 0.0449. The summed E-state index contributed by atoms with van der Waals surface area (Å²) in [7, 11) is 0. The molecule has 0 radical (unpaired) electrons. The van der Waals surface area contributed by atoms with Crippen LogP contribution in [0.15, 0.2) is 72.8 Å². The number of phenolic OH excluding ortho intramolecular Hbond substituents is 1.